The summed E-state index contributed by atoms with van der Waals surface area (Å²) in [6.07, 6.45) is 1.56. The van der Waals surface area contributed by atoms with Gasteiger partial charge in [-0.25, -0.2) is 0 Å². The molecular formula is C15H17N3O2S. The first-order valence-corrected chi connectivity index (χ1v) is 7.47. The van der Waals surface area contributed by atoms with Gasteiger partial charge < -0.3 is 5.73 Å². The summed E-state index contributed by atoms with van der Waals surface area (Å²) in [4.78, 5) is 16.2. The summed E-state index contributed by atoms with van der Waals surface area (Å²) in [5.41, 5.74) is 9.72. The van der Waals surface area contributed by atoms with Gasteiger partial charge in [-0.1, -0.05) is 0 Å². The van der Waals surface area contributed by atoms with Gasteiger partial charge in [0.15, 0.2) is 0 Å². The van der Waals surface area contributed by atoms with Crippen LogP contribution >= 0.6 is 11.8 Å². The van der Waals surface area contributed by atoms with Crippen molar-refractivity contribution >= 4 is 23.1 Å². The first-order valence-electron chi connectivity index (χ1n) is 6.48. The molecule has 0 radical (unpaired) electrons. The van der Waals surface area contributed by atoms with E-state index >= 15 is 0 Å². The lowest BCUT2D eigenvalue weighted by Crippen LogP contribution is -2.01. The molecule has 6 heteroatoms. The Morgan fingerprint density at radius 3 is 2.62 bits per heavy atom. The molecule has 0 aliphatic heterocycles. The lowest BCUT2D eigenvalue weighted by Gasteiger charge is -2.08. The van der Waals surface area contributed by atoms with E-state index in [1.54, 1.807) is 31.8 Å². The van der Waals surface area contributed by atoms with Crippen molar-refractivity contribution in [3.8, 4) is 0 Å². The zero-order valence-electron chi connectivity index (χ0n) is 12.2. The number of nitrogen functional groups attached to an aromatic ring is 1. The Bertz CT molecular complexity index is 702. The third kappa shape index (κ3) is 3.33. The highest BCUT2D eigenvalue weighted by Crippen LogP contribution is 2.30. The van der Waals surface area contributed by atoms with E-state index in [1.807, 2.05) is 25.1 Å². The van der Waals surface area contributed by atoms with Crippen LogP contribution in [0.1, 0.15) is 22.4 Å². The van der Waals surface area contributed by atoms with E-state index in [4.69, 9.17) is 5.73 Å². The van der Waals surface area contributed by atoms with Gasteiger partial charge in [0.25, 0.3) is 5.69 Å². The third-order valence-electron chi connectivity index (χ3n) is 3.38. The molecule has 5 nitrogen and oxygen atoms in total. The average molecular weight is 303 g/mol. The Hall–Kier alpha value is -2.08. The smallest absolute Gasteiger partial charge is 0.278 e. The maximum absolute atomic E-state index is 11.1. The Labute approximate surface area is 127 Å². The molecule has 1 heterocycles. The monoisotopic (exact) mass is 303 g/mol. The number of thioether (sulfide) groups is 1. The van der Waals surface area contributed by atoms with Gasteiger partial charge in [0.2, 0.25) is 0 Å². The number of benzene rings is 1. The molecule has 0 aliphatic rings. The molecule has 1 aromatic carbocycles. The first kappa shape index (κ1) is 15.3. The van der Waals surface area contributed by atoms with E-state index in [0.717, 1.165) is 21.8 Å². The normalized spacial score (nSPS) is 10.6. The van der Waals surface area contributed by atoms with Crippen LogP contribution in [0, 0.1) is 30.9 Å². The van der Waals surface area contributed by atoms with E-state index in [2.05, 4.69) is 4.98 Å². The average Bonchev–Trinajstić information content (AvgIpc) is 2.41. The van der Waals surface area contributed by atoms with Crippen LogP contribution in [-0.4, -0.2) is 9.91 Å². The minimum atomic E-state index is -0.339. The van der Waals surface area contributed by atoms with Crippen LogP contribution in [-0.2, 0) is 5.75 Å². The van der Waals surface area contributed by atoms with Crippen molar-refractivity contribution in [2.24, 2.45) is 0 Å². The fraction of sp³-hybridized carbons (Fsp3) is 0.267. The van der Waals surface area contributed by atoms with Crippen molar-refractivity contribution in [3.63, 3.8) is 0 Å². The number of nitrogens with two attached hydrogens (primary N) is 1. The molecule has 0 unspecified atom stereocenters. The van der Waals surface area contributed by atoms with Crippen molar-refractivity contribution in [2.75, 3.05) is 5.73 Å². The minimum Gasteiger partial charge on any atom is -0.399 e. The highest BCUT2D eigenvalue weighted by molar-refractivity contribution is 7.98. The fourth-order valence-electron chi connectivity index (χ4n) is 2.08. The number of hydrogen-bond acceptors (Lipinski definition) is 5. The van der Waals surface area contributed by atoms with Crippen molar-refractivity contribution < 1.29 is 4.92 Å². The van der Waals surface area contributed by atoms with Gasteiger partial charge in [0, 0.05) is 33.7 Å². The van der Waals surface area contributed by atoms with Crippen molar-refractivity contribution in [3.05, 3.63) is 56.9 Å². The highest BCUT2D eigenvalue weighted by atomic mass is 32.2. The third-order valence-corrected chi connectivity index (χ3v) is 4.38. The second-order valence-corrected chi connectivity index (χ2v) is 5.97. The number of aryl methyl sites for hydroxylation is 2. The van der Waals surface area contributed by atoms with Crippen LogP contribution in [0.15, 0.2) is 29.3 Å². The SMILES string of the molecule is Cc1cc(SCc2ncc(C)c([N+](=O)[O-])c2C)ccc1N. The molecule has 2 rings (SSSR count). The number of pyridine rings is 1. The van der Waals surface area contributed by atoms with Crippen molar-refractivity contribution in [2.45, 2.75) is 31.4 Å². The summed E-state index contributed by atoms with van der Waals surface area (Å²) < 4.78 is 0. The van der Waals surface area contributed by atoms with Gasteiger partial charge in [-0.15, -0.1) is 11.8 Å². The predicted octanol–water partition coefficient (Wildman–Crippen LogP) is 3.79. The van der Waals surface area contributed by atoms with Gasteiger partial charge in [-0.05, 0) is 44.5 Å². The van der Waals surface area contributed by atoms with Crippen LogP contribution in [0.25, 0.3) is 0 Å². The summed E-state index contributed by atoms with van der Waals surface area (Å²) in [6, 6.07) is 5.83. The summed E-state index contributed by atoms with van der Waals surface area (Å²) >= 11 is 1.60. The molecule has 110 valence electrons. The lowest BCUT2D eigenvalue weighted by molar-refractivity contribution is -0.386. The van der Waals surface area contributed by atoms with Gasteiger partial charge >= 0.3 is 0 Å². The Balaban J connectivity index is 2.22. The molecule has 0 amide bonds. The largest absolute Gasteiger partial charge is 0.399 e. The van der Waals surface area contributed by atoms with Crippen LogP contribution in [0.2, 0.25) is 0 Å². The van der Waals surface area contributed by atoms with E-state index in [0.29, 0.717) is 16.9 Å². The quantitative estimate of drug-likeness (QED) is 0.402. The molecule has 0 aliphatic carbocycles. The summed E-state index contributed by atoms with van der Waals surface area (Å²) in [7, 11) is 0. The molecular weight excluding hydrogens is 286 g/mol. The summed E-state index contributed by atoms with van der Waals surface area (Å²) in [6.45, 7) is 5.42. The van der Waals surface area contributed by atoms with Crippen LogP contribution in [0.5, 0.6) is 0 Å². The fourth-order valence-corrected chi connectivity index (χ4v) is 3.10. The van der Waals surface area contributed by atoms with Gasteiger partial charge in [-0.2, -0.15) is 0 Å². The Kier molecular flexibility index (Phi) is 4.47. The number of anilines is 1. The zero-order chi connectivity index (χ0) is 15.6. The number of aromatic nitrogens is 1. The summed E-state index contributed by atoms with van der Waals surface area (Å²) in [5, 5.41) is 11.1. The zero-order valence-corrected chi connectivity index (χ0v) is 13.0. The molecule has 0 saturated carbocycles. The standard InChI is InChI=1S/C15H17N3O2S/c1-9-6-12(4-5-13(9)16)21-8-14-11(3)15(18(19)20)10(2)7-17-14/h4-7H,8,16H2,1-3H3. The molecule has 0 spiro atoms. The minimum absolute atomic E-state index is 0.161. The lowest BCUT2D eigenvalue weighted by atomic mass is 10.1. The maximum Gasteiger partial charge on any atom is 0.278 e. The van der Waals surface area contributed by atoms with Crippen molar-refractivity contribution in [1.29, 1.82) is 0 Å². The van der Waals surface area contributed by atoms with Crippen LogP contribution < -0.4 is 5.73 Å². The molecule has 0 fully saturated rings. The van der Waals surface area contributed by atoms with Crippen molar-refractivity contribution in [1.82, 2.24) is 4.98 Å². The molecule has 21 heavy (non-hydrogen) atoms. The van der Waals surface area contributed by atoms with E-state index in [1.165, 1.54) is 0 Å². The van der Waals surface area contributed by atoms with E-state index in [9.17, 15) is 10.1 Å². The number of hydrogen-bond donors (Lipinski definition) is 1. The number of nitrogens with zero attached hydrogens (tertiary/aromatic N) is 2. The molecule has 2 aromatic rings. The molecule has 0 bridgehead atoms. The second kappa shape index (κ2) is 6.13. The van der Waals surface area contributed by atoms with E-state index in [-0.39, 0.29) is 10.6 Å². The topological polar surface area (TPSA) is 82.0 Å². The van der Waals surface area contributed by atoms with Crippen LogP contribution in [0.4, 0.5) is 11.4 Å². The van der Waals surface area contributed by atoms with Gasteiger partial charge in [0.1, 0.15) is 0 Å². The Morgan fingerprint density at radius 1 is 1.29 bits per heavy atom. The second-order valence-electron chi connectivity index (χ2n) is 4.93. The first-order chi connectivity index (χ1) is 9.90. The molecule has 2 N–H and O–H groups in total. The predicted molar refractivity (Wildman–Crippen MR) is 85.5 cm³/mol. The number of nitro groups is 1. The maximum atomic E-state index is 11.1. The molecule has 1 aromatic heterocycles. The highest BCUT2D eigenvalue weighted by Gasteiger charge is 2.18. The van der Waals surface area contributed by atoms with E-state index < -0.39 is 0 Å². The van der Waals surface area contributed by atoms with Crippen LogP contribution in [0.3, 0.4) is 0 Å². The summed E-state index contributed by atoms with van der Waals surface area (Å²) in [5.74, 6) is 0.594. The van der Waals surface area contributed by atoms with Gasteiger partial charge in [0.05, 0.1) is 10.6 Å². The molecule has 0 atom stereocenters. The number of rotatable bonds is 4. The Morgan fingerprint density at radius 2 is 2.00 bits per heavy atom. The molecule has 0 saturated heterocycles. The van der Waals surface area contributed by atoms with Gasteiger partial charge in [-0.3, -0.25) is 15.1 Å².